The first-order valence-electron chi connectivity index (χ1n) is 5.32. The van der Waals surface area contributed by atoms with Crippen LogP contribution in [0.25, 0.3) is 0 Å². The monoisotopic (exact) mass is 231 g/mol. The number of hydrogen-bond donors (Lipinski definition) is 2. The number of methoxy groups -OCH3 is 1. The van der Waals surface area contributed by atoms with Crippen molar-refractivity contribution in [2.75, 3.05) is 7.11 Å². The molecule has 0 heterocycles. The number of hydrogen-bond acceptors (Lipinski definition) is 4. The van der Waals surface area contributed by atoms with Gasteiger partial charge in [-0.2, -0.15) is 0 Å². The molecule has 0 saturated carbocycles. The summed E-state index contributed by atoms with van der Waals surface area (Å²) in [5, 5.41) is 12.0. The second-order valence-corrected chi connectivity index (χ2v) is 4.62. The van der Waals surface area contributed by atoms with Gasteiger partial charge in [0.2, 0.25) is 0 Å². The minimum Gasteiger partial charge on any atom is -0.480 e. The standard InChI is InChI=1S/C11H21NO4/c1-7(2)6-11(4,10(14)15)12-8(3)9(13)16-5/h7-8,12H,6H2,1-5H3,(H,14,15). The molecule has 0 aromatic rings. The van der Waals surface area contributed by atoms with Crippen molar-refractivity contribution in [3.63, 3.8) is 0 Å². The molecule has 0 aromatic carbocycles. The van der Waals surface area contributed by atoms with Gasteiger partial charge in [-0.25, -0.2) is 0 Å². The van der Waals surface area contributed by atoms with Crippen LogP contribution in [0.15, 0.2) is 0 Å². The van der Waals surface area contributed by atoms with Gasteiger partial charge in [-0.1, -0.05) is 13.8 Å². The highest BCUT2D eigenvalue weighted by Crippen LogP contribution is 2.17. The van der Waals surface area contributed by atoms with E-state index in [4.69, 9.17) is 0 Å². The summed E-state index contributed by atoms with van der Waals surface area (Å²) in [6.07, 6.45) is 0.448. The van der Waals surface area contributed by atoms with Gasteiger partial charge in [-0.3, -0.25) is 14.9 Å². The van der Waals surface area contributed by atoms with E-state index in [1.54, 1.807) is 13.8 Å². The van der Waals surface area contributed by atoms with Crippen molar-refractivity contribution in [3.05, 3.63) is 0 Å². The maximum absolute atomic E-state index is 11.2. The van der Waals surface area contributed by atoms with Crippen LogP contribution in [-0.2, 0) is 14.3 Å². The Kier molecular flexibility index (Phi) is 5.44. The molecule has 0 radical (unpaired) electrons. The Bertz CT molecular complexity index is 265. The van der Waals surface area contributed by atoms with Crippen LogP contribution >= 0.6 is 0 Å². The average Bonchev–Trinajstić information content (AvgIpc) is 2.14. The van der Waals surface area contributed by atoms with Crippen molar-refractivity contribution in [2.24, 2.45) is 5.92 Å². The predicted octanol–water partition coefficient (Wildman–Crippen LogP) is 1.03. The molecular formula is C11H21NO4. The van der Waals surface area contributed by atoms with Gasteiger partial charge in [0.1, 0.15) is 11.6 Å². The first-order chi connectivity index (χ1) is 7.23. The molecule has 0 bridgehead atoms. The third-order valence-electron chi connectivity index (χ3n) is 2.38. The highest BCUT2D eigenvalue weighted by Gasteiger charge is 2.36. The van der Waals surface area contributed by atoms with E-state index in [0.717, 1.165) is 0 Å². The van der Waals surface area contributed by atoms with Crippen LogP contribution in [0.4, 0.5) is 0 Å². The molecule has 16 heavy (non-hydrogen) atoms. The van der Waals surface area contributed by atoms with Crippen molar-refractivity contribution < 1.29 is 19.4 Å². The summed E-state index contributed by atoms with van der Waals surface area (Å²) in [5.41, 5.74) is -1.11. The van der Waals surface area contributed by atoms with Crippen LogP contribution in [0.3, 0.4) is 0 Å². The number of carbonyl (C=O) groups excluding carboxylic acids is 1. The number of carbonyl (C=O) groups is 2. The summed E-state index contributed by atoms with van der Waals surface area (Å²) in [5.74, 6) is -1.20. The van der Waals surface area contributed by atoms with Crippen molar-refractivity contribution in [3.8, 4) is 0 Å². The normalized spacial score (nSPS) is 16.6. The third-order valence-corrected chi connectivity index (χ3v) is 2.38. The second kappa shape index (κ2) is 5.84. The van der Waals surface area contributed by atoms with E-state index in [2.05, 4.69) is 10.1 Å². The van der Waals surface area contributed by atoms with Gasteiger partial charge >= 0.3 is 11.9 Å². The highest BCUT2D eigenvalue weighted by atomic mass is 16.5. The van der Waals surface area contributed by atoms with Gasteiger partial charge in [-0.05, 0) is 26.2 Å². The summed E-state index contributed by atoms with van der Waals surface area (Å²) in [6, 6.07) is -0.634. The quantitative estimate of drug-likeness (QED) is 0.668. The highest BCUT2D eigenvalue weighted by molar-refractivity contribution is 5.81. The molecule has 0 aliphatic heterocycles. The average molecular weight is 231 g/mol. The van der Waals surface area contributed by atoms with E-state index in [9.17, 15) is 14.7 Å². The molecule has 94 valence electrons. The number of nitrogens with one attached hydrogen (secondary N) is 1. The van der Waals surface area contributed by atoms with Gasteiger partial charge in [0.15, 0.2) is 0 Å². The number of carboxylic acid groups (broad SMARTS) is 1. The van der Waals surface area contributed by atoms with Crippen LogP contribution in [0.5, 0.6) is 0 Å². The molecule has 0 aromatic heterocycles. The van der Waals surface area contributed by atoms with Crippen molar-refractivity contribution in [1.29, 1.82) is 0 Å². The zero-order valence-corrected chi connectivity index (χ0v) is 10.5. The van der Waals surface area contributed by atoms with Gasteiger partial charge < -0.3 is 9.84 Å². The molecule has 0 amide bonds. The molecular weight excluding hydrogens is 210 g/mol. The SMILES string of the molecule is COC(=O)C(C)NC(C)(CC(C)C)C(=O)O. The summed E-state index contributed by atoms with van der Waals surface area (Å²) in [7, 11) is 1.28. The first-order valence-corrected chi connectivity index (χ1v) is 5.32. The summed E-state index contributed by atoms with van der Waals surface area (Å²) >= 11 is 0. The Hall–Kier alpha value is -1.10. The minimum absolute atomic E-state index is 0.221. The maximum atomic E-state index is 11.2. The molecule has 5 heteroatoms. The molecule has 2 N–H and O–H groups in total. The van der Waals surface area contributed by atoms with E-state index in [-0.39, 0.29) is 5.92 Å². The molecule has 0 rings (SSSR count). The molecule has 0 aliphatic rings. The van der Waals surface area contributed by atoms with E-state index in [0.29, 0.717) is 6.42 Å². The van der Waals surface area contributed by atoms with Gasteiger partial charge in [-0.15, -0.1) is 0 Å². The number of rotatable bonds is 6. The Labute approximate surface area is 96.2 Å². The largest absolute Gasteiger partial charge is 0.480 e. The zero-order valence-electron chi connectivity index (χ0n) is 10.5. The van der Waals surface area contributed by atoms with Crippen LogP contribution in [0.2, 0.25) is 0 Å². The van der Waals surface area contributed by atoms with E-state index >= 15 is 0 Å². The number of ether oxygens (including phenoxy) is 1. The van der Waals surface area contributed by atoms with Crippen LogP contribution < -0.4 is 5.32 Å². The summed E-state index contributed by atoms with van der Waals surface area (Å²) in [4.78, 5) is 22.4. The smallest absolute Gasteiger partial charge is 0.323 e. The number of aliphatic carboxylic acids is 1. The van der Waals surface area contributed by atoms with Crippen molar-refractivity contribution in [2.45, 2.75) is 45.7 Å². The molecule has 2 atom stereocenters. The van der Waals surface area contributed by atoms with Crippen LogP contribution in [0, 0.1) is 5.92 Å². The van der Waals surface area contributed by atoms with Gasteiger partial charge in [0.05, 0.1) is 7.11 Å². The third kappa shape index (κ3) is 4.18. The molecule has 2 unspecified atom stereocenters. The first kappa shape index (κ1) is 14.9. The molecule has 0 aliphatic carbocycles. The lowest BCUT2D eigenvalue weighted by Crippen LogP contribution is -2.56. The zero-order chi connectivity index (χ0) is 12.9. The lowest BCUT2D eigenvalue weighted by molar-refractivity contribution is -0.148. The fraction of sp³-hybridized carbons (Fsp3) is 0.818. The lowest BCUT2D eigenvalue weighted by atomic mass is 9.90. The van der Waals surface area contributed by atoms with E-state index in [1.807, 2.05) is 13.8 Å². The van der Waals surface area contributed by atoms with E-state index < -0.39 is 23.5 Å². The van der Waals surface area contributed by atoms with Gasteiger partial charge in [0.25, 0.3) is 0 Å². The van der Waals surface area contributed by atoms with Gasteiger partial charge in [0, 0.05) is 0 Å². The van der Waals surface area contributed by atoms with Crippen molar-refractivity contribution >= 4 is 11.9 Å². The predicted molar refractivity (Wildman–Crippen MR) is 60.1 cm³/mol. The Morgan fingerprint density at radius 2 is 1.88 bits per heavy atom. The maximum Gasteiger partial charge on any atom is 0.323 e. The lowest BCUT2D eigenvalue weighted by Gasteiger charge is -2.30. The molecule has 0 spiro atoms. The van der Waals surface area contributed by atoms with Crippen LogP contribution in [-0.4, -0.2) is 35.7 Å². The van der Waals surface area contributed by atoms with Crippen molar-refractivity contribution in [1.82, 2.24) is 5.32 Å². The Balaban J connectivity index is 4.68. The number of esters is 1. The van der Waals surface area contributed by atoms with E-state index in [1.165, 1.54) is 7.11 Å². The Morgan fingerprint density at radius 3 is 2.19 bits per heavy atom. The molecule has 0 fully saturated rings. The summed E-state index contributed by atoms with van der Waals surface area (Å²) < 4.78 is 4.55. The minimum atomic E-state index is -1.11. The molecule has 0 saturated heterocycles. The second-order valence-electron chi connectivity index (χ2n) is 4.62. The fourth-order valence-electron chi connectivity index (χ4n) is 1.74. The fourth-order valence-corrected chi connectivity index (χ4v) is 1.74. The number of carboxylic acids is 1. The summed E-state index contributed by atoms with van der Waals surface area (Å²) in [6.45, 7) is 7.04. The topological polar surface area (TPSA) is 75.6 Å². The Morgan fingerprint density at radius 1 is 1.38 bits per heavy atom. The van der Waals surface area contributed by atoms with Crippen LogP contribution in [0.1, 0.15) is 34.1 Å². The molecule has 5 nitrogen and oxygen atoms in total.